The van der Waals surface area contributed by atoms with Crippen molar-refractivity contribution in [2.45, 2.75) is 39.7 Å². The first kappa shape index (κ1) is 17.8. The predicted octanol–water partition coefficient (Wildman–Crippen LogP) is 2.96. The highest BCUT2D eigenvalue weighted by Crippen LogP contribution is 2.34. The predicted molar refractivity (Wildman–Crippen MR) is 89.3 cm³/mol. The Bertz CT molecular complexity index is 410. The van der Waals surface area contributed by atoms with Crippen molar-refractivity contribution in [3.05, 3.63) is 23.8 Å². The van der Waals surface area contributed by atoms with Gasteiger partial charge in [-0.15, -0.1) is 0 Å². The normalized spacial score (nSPS) is 12.2. The number of benzene rings is 1. The molecule has 0 amide bonds. The first-order valence-electron chi connectivity index (χ1n) is 7.95. The molecule has 0 aliphatic carbocycles. The number of hydrogen-bond acceptors (Lipinski definition) is 4. The van der Waals surface area contributed by atoms with Crippen LogP contribution in [-0.4, -0.2) is 38.5 Å². The Morgan fingerprint density at radius 2 is 2.10 bits per heavy atom. The summed E-state index contributed by atoms with van der Waals surface area (Å²) in [5.74, 6) is 0.922. The van der Waals surface area contributed by atoms with Crippen molar-refractivity contribution in [1.82, 2.24) is 5.32 Å². The number of anilines is 1. The molecule has 4 heteroatoms. The lowest BCUT2D eigenvalue weighted by atomic mass is 10.0. The topological polar surface area (TPSA) is 44.7 Å². The van der Waals surface area contributed by atoms with Crippen LogP contribution in [-0.2, 0) is 0 Å². The Hall–Kier alpha value is -1.26. The van der Waals surface area contributed by atoms with Crippen molar-refractivity contribution >= 4 is 5.69 Å². The van der Waals surface area contributed by atoms with Crippen LogP contribution in [0.3, 0.4) is 0 Å². The molecule has 4 nitrogen and oxygen atoms in total. The average Bonchev–Trinajstić information content (AvgIpc) is 2.52. The largest absolute Gasteiger partial charge is 0.496 e. The summed E-state index contributed by atoms with van der Waals surface area (Å²) in [6, 6.07) is 6.43. The highest BCUT2D eigenvalue weighted by Gasteiger charge is 2.18. The Morgan fingerprint density at radius 3 is 2.67 bits per heavy atom. The molecule has 0 radical (unpaired) electrons. The lowest BCUT2D eigenvalue weighted by molar-refractivity contribution is 0.289. The number of nitrogens with zero attached hydrogens (tertiary/aromatic N) is 1. The van der Waals surface area contributed by atoms with Crippen LogP contribution in [0.25, 0.3) is 0 Å². The molecule has 0 heterocycles. The van der Waals surface area contributed by atoms with E-state index in [1.54, 1.807) is 7.11 Å². The third-order valence-electron chi connectivity index (χ3n) is 3.71. The SMILES string of the molecule is CCCNC(C)c1c(OC)cccc1N(CC)CCCO. The highest BCUT2D eigenvalue weighted by atomic mass is 16.5. The number of aliphatic hydroxyl groups excluding tert-OH is 1. The van der Waals surface area contributed by atoms with Crippen molar-refractivity contribution in [2.24, 2.45) is 0 Å². The van der Waals surface area contributed by atoms with Gasteiger partial charge in [0.25, 0.3) is 0 Å². The maximum Gasteiger partial charge on any atom is 0.125 e. The van der Waals surface area contributed by atoms with Gasteiger partial charge in [0.1, 0.15) is 5.75 Å². The number of ether oxygens (including phenoxy) is 1. The van der Waals surface area contributed by atoms with Gasteiger partial charge in [0.15, 0.2) is 0 Å². The summed E-state index contributed by atoms with van der Waals surface area (Å²) in [5.41, 5.74) is 2.40. The minimum Gasteiger partial charge on any atom is -0.496 e. The van der Waals surface area contributed by atoms with Crippen LogP contribution in [0.4, 0.5) is 5.69 Å². The van der Waals surface area contributed by atoms with E-state index < -0.39 is 0 Å². The first-order valence-corrected chi connectivity index (χ1v) is 7.95. The third kappa shape index (κ3) is 4.90. The zero-order valence-corrected chi connectivity index (χ0v) is 13.9. The zero-order valence-electron chi connectivity index (χ0n) is 13.9. The van der Waals surface area contributed by atoms with Crippen LogP contribution in [0.2, 0.25) is 0 Å². The molecule has 0 fully saturated rings. The van der Waals surface area contributed by atoms with E-state index in [1.807, 2.05) is 12.1 Å². The van der Waals surface area contributed by atoms with Gasteiger partial charge in [0.2, 0.25) is 0 Å². The average molecular weight is 294 g/mol. The smallest absolute Gasteiger partial charge is 0.125 e. The fourth-order valence-corrected chi connectivity index (χ4v) is 2.59. The number of rotatable bonds is 10. The highest BCUT2D eigenvalue weighted by molar-refractivity contribution is 5.60. The van der Waals surface area contributed by atoms with Gasteiger partial charge in [0.05, 0.1) is 7.11 Å². The van der Waals surface area contributed by atoms with Crippen LogP contribution in [0.1, 0.15) is 45.2 Å². The molecule has 0 bridgehead atoms. The molecule has 0 aromatic heterocycles. The van der Waals surface area contributed by atoms with E-state index in [0.717, 1.165) is 38.2 Å². The molecule has 0 spiro atoms. The number of aliphatic hydroxyl groups is 1. The van der Waals surface area contributed by atoms with Crippen LogP contribution in [0.15, 0.2) is 18.2 Å². The Balaban J connectivity index is 3.10. The molecule has 1 unspecified atom stereocenters. The molecule has 2 N–H and O–H groups in total. The van der Waals surface area contributed by atoms with Gasteiger partial charge in [-0.25, -0.2) is 0 Å². The molecule has 1 atom stereocenters. The molecular weight excluding hydrogens is 264 g/mol. The minimum absolute atomic E-state index is 0.222. The second kappa shape index (κ2) is 9.64. The van der Waals surface area contributed by atoms with Crippen molar-refractivity contribution in [3.63, 3.8) is 0 Å². The van der Waals surface area contributed by atoms with Crippen LogP contribution in [0, 0.1) is 0 Å². The number of hydrogen-bond donors (Lipinski definition) is 2. The van der Waals surface area contributed by atoms with Crippen molar-refractivity contribution in [1.29, 1.82) is 0 Å². The van der Waals surface area contributed by atoms with Gasteiger partial charge >= 0.3 is 0 Å². The van der Waals surface area contributed by atoms with Crippen LogP contribution in [0.5, 0.6) is 5.75 Å². The molecule has 0 aliphatic rings. The van der Waals surface area contributed by atoms with Crippen LogP contribution < -0.4 is 15.0 Å². The van der Waals surface area contributed by atoms with E-state index >= 15 is 0 Å². The summed E-state index contributed by atoms with van der Waals surface area (Å²) in [5, 5.41) is 12.6. The summed E-state index contributed by atoms with van der Waals surface area (Å²) in [6.45, 7) is 9.47. The van der Waals surface area contributed by atoms with Gasteiger partial charge in [-0.05, 0) is 45.4 Å². The second-order valence-electron chi connectivity index (χ2n) is 5.23. The van der Waals surface area contributed by atoms with Gasteiger partial charge in [-0.3, -0.25) is 0 Å². The Labute approximate surface area is 129 Å². The molecule has 1 rings (SSSR count). The van der Waals surface area contributed by atoms with E-state index in [2.05, 4.69) is 37.1 Å². The zero-order chi connectivity index (χ0) is 15.7. The molecule has 0 saturated carbocycles. The van der Waals surface area contributed by atoms with Crippen molar-refractivity contribution in [2.75, 3.05) is 38.3 Å². The summed E-state index contributed by atoms with van der Waals surface area (Å²) in [7, 11) is 1.72. The molecule has 0 saturated heterocycles. The minimum atomic E-state index is 0.222. The van der Waals surface area contributed by atoms with Crippen molar-refractivity contribution < 1.29 is 9.84 Å². The summed E-state index contributed by atoms with van der Waals surface area (Å²) < 4.78 is 5.57. The second-order valence-corrected chi connectivity index (χ2v) is 5.23. The monoisotopic (exact) mass is 294 g/mol. The van der Waals surface area contributed by atoms with E-state index in [0.29, 0.717) is 0 Å². The molecule has 1 aromatic rings. The van der Waals surface area contributed by atoms with Crippen LogP contribution >= 0.6 is 0 Å². The maximum absolute atomic E-state index is 9.09. The molecule has 1 aromatic carbocycles. The van der Waals surface area contributed by atoms with E-state index in [9.17, 15) is 0 Å². The number of methoxy groups -OCH3 is 1. The fraction of sp³-hybridized carbons (Fsp3) is 0.647. The molecule has 0 aliphatic heterocycles. The van der Waals surface area contributed by atoms with E-state index in [1.165, 1.54) is 11.3 Å². The lowest BCUT2D eigenvalue weighted by Crippen LogP contribution is -2.28. The fourth-order valence-electron chi connectivity index (χ4n) is 2.59. The Morgan fingerprint density at radius 1 is 1.33 bits per heavy atom. The third-order valence-corrected chi connectivity index (χ3v) is 3.71. The standard InChI is InChI=1S/C17H30N2O2/c1-5-11-18-14(3)17-15(9-7-10-16(17)21-4)19(6-2)12-8-13-20/h7,9-10,14,18,20H,5-6,8,11-13H2,1-4H3. The summed E-state index contributed by atoms with van der Waals surface area (Å²) in [6.07, 6.45) is 1.89. The van der Waals surface area contributed by atoms with Gasteiger partial charge < -0.3 is 20.1 Å². The lowest BCUT2D eigenvalue weighted by Gasteiger charge is -2.29. The first-order chi connectivity index (χ1) is 10.2. The summed E-state index contributed by atoms with van der Waals surface area (Å²) in [4.78, 5) is 2.30. The van der Waals surface area contributed by atoms with Gasteiger partial charge in [-0.2, -0.15) is 0 Å². The number of nitrogens with one attached hydrogen (secondary N) is 1. The van der Waals surface area contributed by atoms with E-state index in [-0.39, 0.29) is 12.6 Å². The Kier molecular flexibility index (Phi) is 8.16. The maximum atomic E-state index is 9.09. The van der Waals surface area contributed by atoms with Gasteiger partial charge in [-0.1, -0.05) is 13.0 Å². The quantitative estimate of drug-likeness (QED) is 0.696. The summed E-state index contributed by atoms with van der Waals surface area (Å²) >= 11 is 0. The molecular formula is C17H30N2O2. The van der Waals surface area contributed by atoms with E-state index in [4.69, 9.17) is 9.84 Å². The molecule has 120 valence electrons. The van der Waals surface area contributed by atoms with Crippen molar-refractivity contribution in [3.8, 4) is 5.75 Å². The van der Waals surface area contributed by atoms with Gasteiger partial charge in [0, 0.05) is 37.0 Å². The molecule has 21 heavy (non-hydrogen) atoms.